The van der Waals surface area contributed by atoms with Gasteiger partial charge in [-0.25, -0.2) is 9.69 Å². The Hall–Kier alpha value is -4.11. The van der Waals surface area contributed by atoms with Crippen LogP contribution >= 0.6 is 15.9 Å². The number of barbiturate groups is 1. The number of phenols is 1. The Morgan fingerprint density at radius 1 is 1.03 bits per heavy atom. The van der Waals surface area contributed by atoms with Crippen molar-refractivity contribution in [2.75, 3.05) is 12.0 Å². The molecule has 2 N–H and O–H groups in total. The van der Waals surface area contributed by atoms with E-state index in [2.05, 4.69) is 21.2 Å². The number of hydrogen-bond acceptors (Lipinski definition) is 6. The molecule has 0 aromatic heterocycles. The van der Waals surface area contributed by atoms with Crippen molar-refractivity contribution in [3.63, 3.8) is 0 Å². The minimum absolute atomic E-state index is 0.0212. The van der Waals surface area contributed by atoms with E-state index < -0.39 is 17.8 Å². The number of nitrogens with zero attached hydrogens (tertiary/aromatic N) is 1. The summed E-state index contributed by atoms with van der Waals surface area (Å²) in [5.41, 5.74) is 2.59. The molecular weight excluding hydrogens is 516 g/mol. The Morgan fingerprint density at radius 2 is 1.71 bits per heavy atom. The van der Waals surface area contributed by atoms with E-state index in [0.717, 1.165) is 16.0 Å². The first-order valence-corrected chi connectivity index (χ1v) is 11.3. The lowest BCUT2D eigenvalue weighted by Gasteiger charge is -2.26. The van der Waals surface area contributed by atoms with Crippen LogP contribution in [0.2, 0.25) is 0 Å². The number of rotatable bonds is 6. The lowest BCUT2D eigenvalue weighted by molar-refractivity contribution is -0.122. The maximum absolute atomic E-state index is 13.1. The summed E-state index contributed by atoms with van der Waals surface area (Å²) in [4.78, 5) is 38.7. The van der Waals surface area contributed by atoms with Crippen molar-refractivity contribution in [3.8, 4) is 17.2 Å². The molecule has 1 aliphatic rings. The zero-order chi connectivity index (χ0) is 25.1. The Morgan fingerprint density at radius 3 is 2.37 bits per heavy atom. The van der Waals surface area contributed by atoms with Crippen LogP contribution < -0.4 is 19.7 Å². The molecule has 0 spiro atoms. The van der Waals surface area contributed by atoms with Crippen LogP contribution in [0.5, 0.6) is 17.2 Å². The number of anilines is 1. The van der Waals surface area contributed by atoms with E-state index in [-0.39, 0.29) is 17.0 Å². The molecule has 0 unspecified atom stereocenters. The van der Waals surface area contributed by atoms with Crippen LogP contribution in [-0.4, -0.2) is 30.1 Å². The number of methoxy groups -OCH3 is 1. The van der Waals surface area contributed by atoms with Crippen LogP contribution in [0.15, 0.2) is 70.7 Å². The fourth-order valence-corrected chi connectivity index (χ4v) is 4.04. The fraction of sp³-hybridized carbons (Fsp3) is 0.115. The molecule has 1 fully saturated rings. The molecule has 0 radical (unpaired) electrons. The second-order valence-corrected chi connectivity index (χ2v) is 8.64. The summed E-state index contributed by atoms with van der Waals surface area (Å²) in [5.74, 6) is -0.764. The third kappa shape index (κ3) is 5.20. The van der Waals surface area contributed by atoms with Gasteiger partial charge in [0.05, 0.1) is 17.3 Å². The lowest BCUT2D eigenvalue weighted by atomic mass is 10.1. The number of urea groups is 1. The highest BCUT2D eigenvalue weighted by Gasteiger charge is 2.36. The number of aromatic hydroxyl groups is 1. The average molecular weight is 537 g/mol. The first-order valence-electron chi connectivity index (χ1n) is 10.5. The van der Waals surface area contributed by atoms with Crippen molar-refractivity contribution < 1.29 is 29.0 Å². The van der Waals surface area contributed by atoms with Gasteiger partial charge in [-0.3, -0.25) is 14.9 Å². The van der Waals surface area contributed by atoms with Gasteiger partial charge in [-0.1, -0.05) is 29.8 Å². The SMILES string of the molecule is COc1cc(/C=C2\C(=O)NC(=O)N(c3ccc(O)cc3)C2=O)cc(Br)c1OCc1ccc(C)cc1. The van der Waals surface area contributed by atoms with Crippen molar-refractivity contribution in [3.05, 3.63) is 87.4 Å². The Kier molecular flexibility index (Phi) is 6.88. The summed E-state index contributed by atoms with van der Waals surface area (Å²) in [5, 5.41) is 11.7. The number of halogens is 1. The number of carbonyl (C=O) groups excluding carboxylic acids is 3. The van der Waals surface area contributed by atoms with E-state index in [1.54, 1.807) is 12.1 Å². The molecule has 0 aliphatic carbocycles. The number of imide groups is 2. The first kappa shape index (κ1) is 24.0. The highest BCUT2D eigenvalue weighted by Crippen LogP contribution is 2.38. The molecule has 178 valence electrons. The molecule has 0 atom stereocenters. The molecule has 0 bridgehead atoms. The summed E-state index contributed by atoms with van der Waals surface area (Å²) in [6.07, 6.45) is 1.37. The zero-order valence-electron chi connectivity index (χ0n) is 18.9. The van der Waals surface area contributed by atoms with Gasteiger partial charge in [0.1, 0.15) is 17.9 Å². The van der Waals surface area contributed by atoms with Gasteiger partial charge in [0.25, 0.3) is 11.8 Å². The summed E-state index contributed by atoms with van der Waals surface area (Å²) >= 11 is 3.48. The monoisotopic (exact) mass is 536 g/mol. The molecular formula is C26H21BrN2O6. The Labute approximate surface area is 209 Å². The molecule has 4 amide bonds. The summed E-state index contributed by atoms with van der Waals surface area (Å²) in [6, 6.07) is 15.9. The van der Waals surface area contributed by atoms with E-state index in [1.807, 2.05) is 31.2 Å². The summed E-state index contributed by atoms with van der Waals surface area (Å²) in [7, 11) is 1.49. The Bertz CT molecular complexity index is 1330. The minimum Gasteiger partial charge on any atom is -0.508 e. The van der Waals surface area contributed by atoms with Crippen LogP contribution in [-0.2, 0) is 16.2 Å². The van der Waals surface area contributed by atoms with Crippen molar-refractivity contribution in [2.24, 2.45) is 0 Å². The average Bonchev–Trinajstić information content (AvgIpc) is 2.83. The molecule has 1 heterocycles. The van der Waals surface area contributed by atoms with Crippen molar-refractivity contribution >= 4 is 45.5 Å². The predicted octanol–water partition coefficient (Wildman–Crippen LogP) is 4.72. The number of phenolic OH excluding ortho intramolecular Hbond substituents is 1. The van der Waals surface area contributed by atoms with Crippen LogP contribution in [0.3, 0.4) is 0 Å². The van der Waals surface area contributed by atoms with E-state index in [1.165, 1.54) is 37.5 Å². The molecule has 3 aromatic carbocycles. The number of ether oxygens (including phenoxy) is 2. The zero-order valence-corrected chi connectivity index (χ0v) is 20.5. The largest absolute Gasteiger partial charge is 0.508 e. The van der Waals surface area contributed by atoms with E-state index >= 15 is 0 Å². The van der Waals surface area contributed by atoms with Gasteiger partial charge in [0, 0.05) is 0 Å². The second-order valence-electron chi connectivity index (χ2n) is 7.78. The molecule has 8 nitrogen and oxygen atoms in total. The van der Waals surface area contributed by atoms with Gasteiger partial charge >= 0.3 is 6.03 Å². The fourth-order valence-electron chi connectivity index (χ4n) is 3.46. The Balaban J connectivity index is 1.63. The molecule has 35 heavy (non-hydrogen) atoms. The van der Waals surface area contributed by atoms with Crippen molar-refractivity contribution in [1.82, 2.24) is 5.32 Å². The van der Waals surface area contributed by atoms with Crippen molar-refractivity contribution in [1.29, 1.82) is 0 Å². The topological polar surface area (TPSA) is 105 Å². The van der Waals surface area contributed by atoms with Gasteiger partial charge in [0.2, 0.25) is 0 Å². The van der Waals surface area contributed by atoms with Crippen molar-refractivity contribution in [2.45, 2.75) is 13.5 Å². The minimum atomic E-state index is -0.874. The number of benzene rings is 3. The molecule has 1 saturated heterocycles. The molecule has 0 saturated carbocycles. The highest BCUT2D eigenvalue weighted by molar-refractivity contribution is 9.10. The number of carbonyl (C=O) groups is 3. The molecule has 1 aliphatic heterocycles. The summed E-state index contributed by atoms with van der Waals surface area (Å²) < 4.78 is 12.0. The van der Waals surface area contributed by atoms with E-state index in [0.29, 0.717) is 28.1 Å². The molecule has 3 aromatic rings. The predicted molar refractivity (Wildman–Crippen MR) is 133 cm³/mol. The first-order chi connectivity index (χ1) is 16.8. The maximum atomic E-state index is 13.1. The normalized spacial score (nSPS) is 14.8. The van der Waals surface area contributed by atoms with Gasteiger partial charge in [-0.15, -0.1) is 0 Å². The third-order valence-corrected chi connectivity index (χ3v) is 5.87. The number of aryl methyl sites for hydroxylation is 1. The smallest absolute Gasteiger partial charge is 0.335 e. The number of nitrogens with one attached hydrogen (secondary N) is 1. The lowest BCUT2D eigenvalue weighted by Crippen LogP contribution is -2.54. The quantitative estimate of drug-likeness (QED) is 0.349. The van der Waals surface area contributed by atoms with Gasteiger partial charge < -0.3 is 14.6 Å². The standard InChI is InChI=1S/C26H21BrN2O6/c1-15-3-5-16(6-4-15)14-35-23-21(27)12-17(13-22(23)34-2)11-20-24(31)28-26(33)29(25(20)32)18-7-9-19(30)10-8-18/h3-13,30H,14H2,1-2H3,(H,28,31,33)/b20-11+. The van der Waals surface area contributed by atoms with Crippen LogP contribution in [0.1, 0.15) is 16.7 Å². The molecule has 4 rings (SSSR count). The maximum Gasteiger partial charge on any atom is 0.335 e. The van der Waals surface area contributed by atoms with Gasteiger partial charge in [0.15, 0.2) is 11.5 Å². The van der Waals surface area contributed by atoms with E-state index in [9.17, 15) is 19.5 Å². The van der Waals surface area contributed by atoms with Gasteiger partial charge in [-0.05, 0) is 76.5 Å². The van der Waals surface area contributed by atoms with Crippen LogP contribution in [0.25, 0.3) is 6.08 Å². The van der Waals surface area contributed by atoms with E-state index in [4.69, 9.17) is 9.47 Å². The number of hydrogen-bond donors (Lipinski definition) is 2. The van der Waals surface area contributed by atoms with Gasteiger partial charge in [-0.2, -0.15) is 0 Å². The van der Waals surface area contributed by atoms with Crippen LogP contribution in [0, 0.1) is 6.92 Å². The third-order valence-electron chi connectivity index (χ3n) is 5.28. The highest BCUT2D eigenvalue weighted by atomic mass is 79.9. The molecule has 9 heteroatoms. The number of amides is 4. The van der Waals surface area contributed by atoms with Crippen LogP contribution in [0.4, 0.5) is 10.5 Å². The second kappa shape index (κ2) is 10.0. The summed E-state index contributed by atoms with van der Waals surface area (Å²) in [6.45, 7) is 2.33.